The first-order chi connectivity index (χ1) is 32.0. The third-order valence-corrected chi connectivity index (χ3v) is 10.2. The second kappa shape index (κ2) is 52.2. The number of allylic oxidation sites excluding steroid dienone is 22. The predicted molar refractivity (Wildman–Crippen MR) is 279 cm³/mol. The number of carbonyl (C=O) groups is 3. The average Bonchev–Trinajstić information content (AvgIpc) is 3.30. The molecule has 0 radical (unpaired) electrons. The molecular formula is C59H92O6. The summed E-state index contributed by atoms with van der Waals surface area (Å²) in [6.45, 7) is 6.27. The Kier molecular flexibility index (Phi) is 48.6. The molecule has 0 aliphatic carbocycles. The van der Waals surface area contributed by atoms with Gasteiger partial charge in [-0.15, -0.1) is 0 Å². The van der Waals surface area contributed by atoms with Gasteiger partial charge in [-0.1, -0.05) is 219 Å². The zero-order valence-corrected chi connectivity index (χ0v) is 41.4. The number of esters is 3. The van der Waals surface area contributed by atoms with Gasteiger partial charge in [0, 0.05) is 19.3 Å². The Morgan fingerprint density at radius 3 is 1.02 bits per heavy atom. The van der Waals surface area contributed by atoms with Gasteiger partial charge < -0.3 is 14.2 Å². The first-order valence-corrected chi connectivity index (χ1v) is 25.7. The highest BCUT2D eigenvalue weighted by molar-refractivity contribution is 5.71. The Morgan fingerprint density at radius 2 is 0.631 bits per heavy atom. The zero-order chi connectivity index (χ0) is 47.2. The largest absolute Gasteiger partial charge is 0.462 e. The maximum absolute atomic E-state index is 12.8. The molecule has 6 heteroatoms. The van der Waals surface area contributed by atoms with E-state index in [0.29, 0.717) is 19.3 Å². The van der Waals surface area contributed by atoms with Crippen molar-refractivity contribution in [3.05, 3.63) is 134 Å². The third-order valence-electron chi connectivity index (χ3n) is 10.2. The second-order valence-corrected chi connectivity index (χ2v) is 16.3. The molecule has 0 rings (SSSR count). The van der Waals surface area contributed by atoms with E-state index < -0.39 is 12.1 Å². The van der Waals surface area contributed by atoms with Crippen LogP contribution in [0.2, 0.25) is 0 Å². The molecule has 0 aromatic carbocycles. The lowest BCUT2D eigenvalue weighted by molar-refractivity contribution is -0.166. The van der Waals surface area contributed by atoms with Crippen molar-refractivity contribution >= 4 is 17.9 Å². The lowest BCUT2D eigenvalue weighted by Gasteiger charge is -2.18. The van der Waals surface area contributed by atoms with E-state index in [1.807, 2.05) is 12.2 Å². The van der Waals surface area contributed by atoms with E-state index >= 15 is 0 Å². The molecular weight excluding hydrogens is 805 g/mol. The molecule has 1 atom stereocenters. The first-order valence-electron chi connectivity index (χ1n) is 25.7. The summed E-state index contributed by atoms with van der Waals surface area (Å²) in [6, 6.07) is 0. The van der Waals surface area contributed by atoms with E-state index in [9.17, 15) is 14.4 Å². The molecule has 0 amide bonds. The summed E-state index contributed by atoms with van der Waals surface area (Å²) >= 11 is 0. The van der Waals surface area contributed by atoms with Gasteiger partial charge in [-0.25, -0.2) is 0 Å². The van der Waals surface area contributed by atoms with Crippen molar-refractivity contribution in [2.45, 2.75) is 207 Å². The minimum absolute atomic E-state index is 0.127. The summed E-state index contributed by atoms with van der Waals surface area (Å²) < 4.78 is 16.7. The molecule has 364 valence electrons. The number of hydrogen-bond acceptors (Lipinski definition) is 6. The number of rotatable bonds is 44. The summed E-state index contributed by atoms with van der Waals surface area (Å²) in [5.74, 6) is -1.08. The molecule has 0 unspecified atom stereocenters. The van der Waals surface area contributed by atoms with Gasteiger partial charge in [0.05, 0.1) is 0 Å². The fourth-order valence-corrected chi connectivity index (χ4v) is 6.38. The van der Waals surface area contributed by atoms with Gasteiger partial charge in [-0.05, 0) is 96.3 Å². The van der Waals surface area contributed by atoms with Crippen LogP contribution in [-0.4, -0.2) is 37.2 Å². The Bertz CT molecular complexity index is 1450. The maximum Gasteiger partial charge on any atom is 0.306 e. The average molecular weight is 897 g/mol. The van der Waals surface area contributed by atoms with Gasteiger partial charge in [0.2, 0.25) is 0 Å². The fraction of sp³-hybridized carbons (Fsp3) is 0.576. The van der Waals surface area contributed by atoms with Crippen molar-refractivity contribution in [1.82, 2.24) is 0 Å². The van der Waals surface area contributed by atoms with Crippen LogP contribution < -0.4 is 0 Å². The van der Waals surface area contributed by atoms with Crippen LogP contribution in [-0.2, 0) is 28.6 Å². The molecule has 65 heavy (non-hydrogen) atoms. The summed E-state index contributed by atoms with van der Waals surface area (Å²) in [7, 11) is 0. The highest BCUT2D eigenvalue weighted by atomic mass is 16.6. The summed E-state index contributed by atoms with van der Waals surface area (Å²) in [5.41, 5.74) is 0. The van der Waals surface area contributed by atoms with Gasteiger partial charge >= 0.3 is 17.9 Å². The second-order valence-electron chi connectivity index (χ2n) is 16.3. The molecule has 0 N–H and O–H groups in total. The Morgan fingerprint density at radius 1 is 0.323 bits per heavy atom. The van der Waals surface area contributed by atoms with Crippen molar-refractivity contribution in [3.8, 4) is 0 Å². The van der Waals surface area contributed by atoms with Gasteiger partial charge in [0.1, 0.15) is 13.2 Å². The summed E-state index contributed by atoms with van der Waals surface area (Å²) in [4.78, 5) is 37.9. The number of unbranched alkanes of at least 4 members (excludes halogenated alkanes) is 11. The smallest absolute Gasteiger partial charge is 0.306 e. The normalized spacial score (nSPS) is 13.2. The van der Waals surface area contributed by atoms with Crippen LogP contribution in [0.5, 0.6) is 0 Å². The third kappa shape index (κ3) is 50.4. The molecule has 0 saturated carbocycles. The quantitative estimate of drug-likeness (QED) is 0.0262. The summed E-state index contributed by atoms with van der Waals surface area (Å²) in [6.07, 6.45) is 73.1. The molecule has 0 saturated heterocycles. The van der Waals surface area contributed by atoms with E-state index in [1.54, 1.807) is 0 Å². The minimum Gasteiger partial charge on any atom is -0.462 e. The van der Waals surface area contributed by atoms with Gasteiger partial charge in [-0.3, -0.25) is 14.4 Å². The standard InChI is InChI=1S/C59H92O6/c1-4-7-10-13-16-19-22-24-26-28-29-31-32-34-37-40-43-46-49-52-58(61)64-55-56(54-63-57(60)51-48-45-42-39-36-21-18-15-12-9-6-3)65-59(62)53-50-47-44-41-38-35-33-30-27-25-23-20-17-14-11-8-5-2/h7-8,10-11,16-17,19-20,24-27,29,31,33-35,37,41,43-44,46,56H,4-6,9,12-15,18,21-23,28,30,32,36,38-40,42,45,47-55H2,1-3H3/b10-7-,11-8-,19-16-,20-17-,26-24-,27-25-,31-29-,35-33-,37-34-,44-41-,46-43-/t56-/m0/s1. The molecule has 0 fully saturated rings. The molecule has 0 aliphatic heterocycles. The highest BCUT2D eigenvalue weighted by Gasteiger charge is 2.19. The van der Waals surface area contributed by atoms with Crippen molar-refractivity contribution < 1.29 is 28.6 Å². The van der Waals surface area contributed by atoms with Crippen LogP contribution in [0.1, 0.15) is 201 Å². The number of carbonyl (C=O) groups excluding carboxylic acids is 3. The predicted octanol–water partition coefficient (Wildman–Crippen LogP) is 17.1. The SMILES string of the molecule is CC/C=C\C/C=C\C/C=C\C/C=C\C/C=C\C/C=C\CCC(=O)OC[C@H](COC(=O)CCCCCCCCCCCCC)OC(=O)CCC/C=C\C/C=C\C/C=C\C/C=C\C/C=C\CC. The van der Waals surface area contributed by atoms with E-state index in [4.69, 9.17) is 14.2 Å². The molecule has 0 bridgehead atoms. The number of ether oxygens (including phenoxy) is 3. The van der Waals surface area contributed by atoms with Crippen LogP contribution in [0.25, 0.3) is 0 Å². The maximum atomic E-state index is 12.8. The molecule has 6 nitrogen and oxygen atoms in total. The Labute approximate surface area is 398 Å². The van der Waals surface area contributed by atoms with Crippen LogP contribution in [0.4, 0.5) is 0 Å². The van der Waals surface area contributed by atoms with Gasteiger partial charge in [0.15, 0.2) is 6.10 Å². The van der Waals surface area contributed by atoms with Crippen molar-refractivity contribution in [2.75, 3.05) is 13.2 Å². The lowest BCUT2D eigenvalue weighted by Crippen LogP contribution is -2.30. The summed E-state index contributed by atoms with van der Waals surface area (Å²) in [5, 5.41) is 0. The lowest BCUT2D eigenvalue weighted by atomic mass is 10.1. The molecule has 0 heterocycles. The number of hydrogen-bond donors (Lipinski definition) is 0. The molecule has 0 aromatic heterocycles. The first kappa shape index (κ1) is 60.5. The highest BCUT2D eigenvalue weighted by Crippen LogP contribution is 2.13. The van der Waals surface area contributed by atoms with E-state index in [1.165, 1.54) is 51.4 Å². The molecule has 0 spiro atoms. The zero-order valence-electron chi connectivity index (χ0n) is 41.4. The van der Waals surface area contributed by atoms with Crippen LogP contribution >= 0.6 is 0 Å². The Hall–Kier alpha value is -4.45. The van der Waals surface area contributed by atoms with E-state index in [-0.39, 0.29) is 38.0 Å². The molecule has 0 aromatic rings. The van der Waals surface area contributed by atoms with E-state index in [0.717, 1.165) is 96.3 Å². The van der Waals surface area contributed by atoms with Crippen LogP contribution in [0.15, 0.2) is 134 Å². The fourth-order valence-electron chi connectivity index (χ4n) is 6.38. The van der Waals surface area contributed by atoms with Gasteiger partial charge in [0.25, 0.3) is 0 Å². The minimum atomic E-state index is -0.840. The van der Waals surface area contributed by atoms with Crippen molar-refractivity contribution in [1.29, 1.82) is 0 Å². The van der Waals surface area contributed by atoms with Crippen LogP contribution in [0.3, 0.4) is 0 Å². The monoisotopic (exact) mass is 897 g/mol. The van der Waals surface area contributed by atoms with Crippen molar-refractivity contribution in [3.63, 3.8) is 0 Å². The van der Waals surface area contributed by atoms with Crippen molar-refractivity contribution in [2.24, 2.45) is 0 Å². The van der Waals surface area contributed by atoms with Gasteiger partial charge in [-0.2, -0.15) is 0 Å². The Balaban J connectivity index is 4.60. The molecule has 0 aliphatic rings. The van der Waals surface area contributed by atoms with E-state index in [2.05, 4.69) is 142 Å². The topological polar surface area (TPSA) is 78.9 Å². The van der Waals surface area contributed by atoms with Crippen LogP contribution in [0, 0.1) is 0 Å².